The second-order valence-corrected chi connectivity index (χ2v) is 3.53. The molecule has 0 aliphatic heterocycles. The van der Waals surface area contributed by atoms with Crippen molar-refractivity contribution in [3.63, 3.8) is 0 Å². The molecule has 4 nitrogen and oxygen atoms in total. The summed E-state index contributed by atoms with van der Waals surface area (Å²) in [5.41, 5.74) is 0.863. The number of hydrogen-bond acceptors (Lipinski definition) is 3. The van der Waals surface area contributed by atoms with Gasteiger partial charge in [0.25, 0.3) is 5.69 Å². The van der Waals surface area contributed by atoms with Crippen LogP contribution in [0.25, 0.3) is 0 Å². The van der Waals surface area contributed by atoms with Gasteiger partial charge in [-0.25, -0.2) is 0 Å². The molecule has 0 heterocycles. The van der Waals surface area contributed by atoms with Crippen LogP contribution >= 0.6 is 0 Å². The van der Waals surface area contributed by atoms with Gasteiger partial charge in [-0.1, -0.05) is 30.3 Å². The first kappa shape index (κ1) is 11.1. The van der Waals surface area contributed by atoms with Gasteiger partial charge in [-0.3, -0.25) is 10.1 Å². The maximum atomic E-state index is 10.6. The molecule has 2 aromatic rings. The maximum absolute atomic E-state index is 10.6. The van der Waals surface area contributed by atoms with Crippen LogP contribution in [0.2, 0.25) is 0 Å². The number of para-hydroxylation sites is 1. The Labute approximate surface area is 98.6 Å². The zero-order valence-corrected chi connectivity index (χ0v) is 9.08. The maximum Gasteiger partial charge on any atom is 0.269 e. The zero-order valence-electron chi connectivity index (χ0n) is 9.08. The third-order valence-electron chi connectivity index (χ3n) is 2.27. The van der Waals surface area contributed by atoms with Gasteiger partial charge in [-0.05, 0) is 17.7 Å². The van der Waals surface area contributed by atoms with Crippen molar-refractivity contribution < 1.29 is 9.66 Å². The SMILES string of the molecule is O=[N+]([O-])c1cccc(COc2ccccc2)c1. The first-order valence-electron chi connectivity index (χ1n) is 5.17. The van der Waals surface area contributed by atoms with Gasteiger partial charge in [0.1, 0.15) is 12.4 Å². The van der Waals surface area contributed by atoms with Crippen LogP contribution < -0.4 is 4.74 Å². The first-order chi connectivity index (χ1) is 8.25. The second kappa shape index (κ2) is 5.12. The van der Waals surface area contributed by atoms with Crippen LogP contribution in [0.5, 0.6) is 5.75 Å². The summed E-state index contributed by atoms with van der Waals surface area (Å²) in [5, 5.41) is 10.6. The van der Waals surface area contributed by atoms with Crippen molar-refractivity contribution in [3.8, 4) is 5.75 Å². The molecular weight excluding hydrogens is 218 g/mol. The number of ether oxygens (including phenoxy) is 1. The van der Waals surface area contributed by atoms with E-state index in [-0.39, 0.29) is 5.69 Å². The number of non-ortho nitro benzene ring substituents is 1. The summed E-state index contributed by atoms with van der Waals surface area (Å²) in [6.07, 6.45) is 0. The van der Waals surface area contributed by atoms with Gasteiger partial charge in [-0.15, -0.1) is 0 Å². The Bertz CT molecular complexity index is 511. The van der Waals surface area contributed by atoms with Crippen LogP contribution in [-0.2, 0) is 6.61 Å². The Morgan fingerprint density at radius 1 is 1.06 bits per heavy atom. The molecule has 0 amide bonds. The smallest absolute Gasteiger partial charge is 0.269 e. The highest BCUT2D eigenvalue weighted by molar-refractivity contribution is 5.34. The third kappa shape index (κ3) is 3.04. The second-order valence-electron chi connectivity index (χ2n) is 3.53. The lowest BCUT2D eigenvalue weighted by Gasteiger charge is -2.05. The predicted octanol–water partition coefficient (Wildman–Crippen LogP) is 3.17. The fourth-order valence-corrected chi connectivity index (χ4v) is 1.44. The van der Waals surface area contributed by atoms with E-state index in [0.29, 0.717) is 6.61 Å². The molecule has 0 spiro atoms. The van der Waals surface area contributed by atoms with Crippen molar-refractivity contribution in [1.29, 1.82) is 0 Å². The molecule has 17 heavy (non-hydrogen) atoms. The molecule has 0 bridgehead atoms. The van der Waals surface area contributed by atoms with Crippen LogP contribution in [0.1, 0.15) is 5.56 Å². The zero-order chi connectivity index (χ0) is 12.1. The van der Waals surface area contributed by atoms with Gasteiger partial charge in [0.15, 0.2) is 0 Å². The number of hydrogen-bond donors (Lipinski definition) is 0. The number of rotatable bonds is 4. The van der Waals surface area contributed by atoms with Crippen molar-refractivity contribution in [2.45, 2.75) is 6.61 Å². The fourth-order valence-electron chi connectivity index (χ4n) is 1.44. The van der Waals surface area contributed by atoms with E-state index in [9.17, 15) is 10.1 Å². The Morgan fingerprint density at radius 3 is 2.53 bits per heavy atom. The molecule has 4 heteroatoms. The molecule has 0 fully saturated rings. The molecule has 0 aliphatic rings. The van der Waals surface area contributed by atoms with E-state index in [1.807, 2.05) is 30.3 Å². The molecule has 0 aromatic heterocycles. The fraction of sp³-hybridized carbons (Fsp3) is 0.0769. The quantitative estimate of drug-likeness (QED) is 0.597. The predicted molar refractivity (Wildman–Crippen MR) is 63.9 cm³/mol. The average Bonchev–Trinajstić information content (AvgIpc) is 2.38. The molecule has 0 unspecified atom stereocenters. The molecule has 0 aliphatic carbocycles. The molecule has 0 radical (unpaired) electrons. The van der Waals surface area contributed by atoms with Gasteiger partial charge >= 0.3 is 0 Å². The summed E-state index contributed by atoms with van der Waals surface area (Å²) in [6, 6.07) is 15.8. The summed E-state index contributed by atoms with van der Waals surface area (Å²) in [6.45, 7) is 0.325. The van der Waals surface area contributed by atoms with Crippen LogP contribution in [-0.4, -0.2) is 4.92 Å². The molecule has 0 atom stereocenters. The Balaban J connectivity index is 2.04. The largest absolute Gasteiger partial charge is 0.489 e. The highest BCUT2D eigenvalue weighted by Gasteiger charge is 2.05. The van der Waals surface area contributed by atoms with Crippen molar-refractivity contribution >= 4 is 5.69 Å². The molecular formula is C13H11NO3. The van der Waals surface area contributed by atoms with Crippen molar-refractivity contribution in [2.75, 3.05) is 0 Å². The van der Waals surface area contributed by atoms with Gasteiger partial charge in [0.05, 0.1) is 4.92 Å². The third-order valence-corrected chi connectivity index (χ3v) is 2.27. The van der Waals surface area contributed by atoms with Gasteiger partial charge < -0.3 is 4.74 Å². The molecule has 2 aromatic carbocycles. The summed E-state index contributed by atoms with van der Waals surface area (Å²) in [4.78, 5) is 10.2. The Kier molecular flexibility index (Phi) is 3.35. The summed E-state index contributed by atoms with van der Waals surface area (Å²) >= 11 is 0. The molecule has 0 N–H and O–H groups in total. The minimum Gasteiger partial charge on any atom is -0.489 e. The van der Waals surface area contributed by atoms with E-state index in [1.165, 1.54) is 12.1 Å². The van der Waals surface area contributed by atoms with E-state index in [2.05, 4.69) is 0 Å². The number of nitro benzene ring substituents is 1. The Hall–Kier alpha value is -2.36. The van der Waals surface area contributed by atoms with E-state index in [4.69, 9.17) is 4.74 Å². The van der Waals surface area contributed by atoms with E-state index in [1.54, 1.807) is 12.1 Å². The van der Waals surface area contributed by atoms with E-state index in [0.717, 1.165) is 11.3 Å². The van der Waals surface area contributed by atoms with Crippen LogP contribution in [0.3, 0.4) is 0 Å². The average molecular weight is 229 g/mol. The van der Waals surface area contributed by atoms with E-state index < -0.39 is 4.92 Å². The lowest BCUT2D eigenvalue weighted by atomic mass is 10.2. The lowest BCUT2D eigenvalue weighted by molar-refractivity contribution is -0.384. The number of nitrogens with zero attached hydrogens (tertiary/aromatic N) is 1. The minimum absolute atomic E-state index is 0.0826. The number of benzene rings is 2. The van der Waals surface area contributed by atoms with Crippen molar-refractivity contribution in [3.05, 3.63) is 70.3 Å². The molecule has 2 rings (SSSR count). The van der Waals surface area contributed by atoms with Crippen LogP contribution in [0.15, 0.2) is 54.6 Å². The normalized spacial score (nSPS) is 9.88. The van der Waals surface area contributed by atoms with Crippen molar-refractivity contribution in [2.24, 2.45) is 0 Å². The topological polar surface area (TPSA) is 52.4 Å². The highest BCUT2D eigenvalue weighted by Crippen LogP contribution is 2.16. The monoisotopic (exact) mass is 229 g/mol. The van der Waals surface area contributed by atoms with Crippen LogP contribution in [0.4, 0.5) is 5.69 Å². The first-order valence-corrected chi connectivity index (χ1v) is 5.17. The summed E-state index contributed by atoms with van der Waals surface area (Å²) in [7, 11) is 0. The number of nitro groups is 1. The van der Waals surface area contributed by atoms with E-state index >= 15 is 0 Å². The summed E-state index contributed by atoms with van der Waals surface area (Å²) < 4.78 is 5.50. The van der Waals surface area contributed by atoms with Gasteiger partial charge in [-0.2, -0.15) is 0 Å². The standard InChI is InChI=1S/C13H11NO3/c15-14(16)12-6-4-5-11(9-12)10-17-13-7-2-1-3-8-13/h1-9H,10H2. The van der Waals surface area contributed by atoms with Crippen LogP contribution in [0, 0.1) is 10.1 Å². The molecule has 0 saturated heterocycles. The highest BCUT2D eigenvalue weighted by atomic mass is 16.6. The lowest BCUT2D eigenvalue weighted by Crippen LogP contribution is -1.96. The van der Waals surface area contributed by atoms with Gasteiger partial charge in [0, 0.05) is 12.1 Å². The Morgan fingerprint density at radius 2 is 1.82 bits per heavy atom. The van der Waals surface area contributed by atoms with Gasteiger partial charge in [0.2, 0.25) is 0 Å². The van der Waals surface area contributed by atoms with Crippen molar-refractivity contribution in [1.82, 2.24) is 0 Å². The minimum atomic E-state index is -0.411. The molecule has 0 saturated carbocycles. The summed E-state index contributed by atoms with van der Waals surface area (Å²) in [5.74, 6) is 0.749. The molecule has 86 valence electrons.